The van der Waals surface area contributed by atoms with Crippen molar-refractivity contribution in [3.05, 3.63) is 0 Å². The van der Waals surface area contributed by atoms with Gasteiger partial charge in [0.25, 0.3) is 0 Å². The molecule has 0 N–H and O–H groups in total. The van der Waals surface area contributed by atoms with Gasteiger partial charge in [-0.3, -0.25) is 4.79 Å². The lowest BCUT2D eigenvalue weighted by atomic mass is 9.86. The molecule has 0 spiro atoms. The van der Waals surface area contributed by atoms with Crippen molar-refractivity contribution in [2.75, 3.05) is 0 Å². The Kier molecular flexibility index (Phi) is 2.90. The predicted octanol–water partition coefficient (Wildman–Crippen LogP) is 2.53. The average Bonchev–Trinajstić information content (AvgIpc) is 1.95. The summed E-state index contributed by atoms with van der Waals surface area (Å²) < 4.78 is 0. The zero-order chi connectivity index (χ0) is 7.56. The van der Waals surface area contributed by atoms with Gasteiger partial charge >= 0.3 is 0 Å². The molecular weight excluding hydrogens is 192 g/mol. The Labute approximate surface area is 70.3 Å². The van der Waals surface area contributed by atoms with Gasteiger partial charge in [0.1, 0.15) is 5.78 Å². The quantitative estimate of drug-likeness (QED) is 0.601. The minimum absolute atomic E-state index is 0.159. The van der Waals surface area contributed by atoms with Crippen molar-refractivity contribution < 1.29 is 4.79 Å². The lowest BCUT2D eigenvalue weighted by Gasteiger charge is -2.24. The van der Waals surface area contributed by atoms with Crippen LogP contribution in [0, 0.1) is 5.92 Å². The van der Waals surface area contributed by atoms with Gasteiger partial charge in [0.15, 0.2) is 0 Å². The van der Waals surface area contributed by atoms with Gasteiger partial charge in [0.05, 0.1) is 4.83 Å². The Bertz CT molecular complexity index is 133. The Morgan fingerprint density at radius 3 is 2.90 bits per heavy atom. The molecule has 0 heterocycles. The Morgan fingerprint density at radius 2 is 2.40 bits per heavy atom. The van der Waals surface area contributed by atoms with Gasteiger partial charge in [0.2, 0.25) is 0 Å². The number of hydrogen-bond acceptors (Lipinski definition) is 1. The summed E-state index contributed by atoms with van der Waals surface area (Å²) in [7, 11) is 0. The molecule has 2 atom stereocenters. The molecule has 0 aromatic carbocycles. The van der Waals surface area contributed by atoms with E-state index < -0.39 is 0 Å². The summed E-state index contributed by atoms with van der Waals surface area (Å²) >= 11 is 3.43. The second-order valence-corrected chi connectivity index (χ2v) is 3.92. The van der Waals surface area contributed by atoms with E-state index in [0.29, 0.717) is 11.7 Å². The molecule has 10 heavy (non-hydrogen) atoms. The lowest BCUT2D eigenvalue weighted by Crippen LogP contribution is -2.27. The standard InChI is InChI=1S/C8H13BrO/c1-2-6-4-3-5-7(10)8(6)9/h6,8H,2-5H2,1H3/t6-,8+/m1/s1. The maximum Gasteiger partial charge on any atom is 0.146 e. The monoisotopic (exact) mass is 204 g/mol. The second-order valence-electron chi connectivity index (χ2n) is 2.93. The molecule has 2 heteroatoms. The zero-order valence-corrected chi connectivity index (χ0v) is 7.86. The Hall–Kier alpha value is 0.150. The molecule has 1 fully saturated rings. The maximum absolute atomic E-state index is 11.1. The molecule has 1 aliphatic rings. The van der Waals surface area contributed by atoms with E-state index in [9.17, 15) is 4.79 Å². The molecule has 0 aromatic rings. The second kappa shape index (κ2) is 3.51. The fraction of sp³-hybridized carbons (Fsp3) is 0.875. The van der Waals surface area contributed by atoms with Crippen LogP contribution in [0.1, 0.15) is 32.6 Å². The summed E-state index contributed by atoms with van der Waals surface area (Å²) in [6.45, 7) is 2.15. The van der Waals surface area contributed by atoms with Gasteiger partial charge in [-0.1, -0.05) is 29.3 Å². The van der Waals surface area contributed by atoms with Crippen LogP contribution < -0.4 is 0 Å². The Morgan fingerprint density at radius 1 is 1.70 bits per heavy atom. The molecule has 1 nitrogen and oxygen atoms in total. The van der Waals surface area contributed by atoms with Gasteiger partial charge in [-0.05, 0) is 18.8 Å². The predicted molar refractivity (Wildman–Crippen MR) is 45.4 cm³/mol. The van der Waals surface area contributed by atoms with Crippen LogP contribution in [0.5, 0.6) is 0 Å². The van der Waals surface area contributed by atoms with E-state index >= 15 is 0 Å². The summed E-state index contributed by atoms with van der Waals surface area (Å²) in [4.78, 5) is 11.3. The van der Waals surface area contributed by atoms with Gasteiger partial charge in [-0.25, -0.2) is 0 Å². The number of rotatable bonds is 1. The van der Waals surface area contributed by atoms with Gasteiger partial charge < -0.3 is 0 Å². The van der Waals surface area contributed by atoms with Crippen LogP contribution in [-0.2, 0) is 4.79 Å². The number of alkyl halides is 1. The minimum atomic E-state index is 0.159. The topological polar surface area (TPSA) is 17.1 Å². The van der Waals surface area contributed by atoms with Crippen LogP contribution in [0.25, 0.3) is 0 Å². The fourth-order valence-electron chi connectivity index (χ4n) is 1.50. The van der Waals surface area contributed by atoms with Crippen molar-refractivity contribution in [3.8, 4) is 0 Å². The van der Waals surface area contributed by atoms with Gasteiger partial charge in [-0.15, -0.1) is 0 Å². The molecule has 0 aliphatic heterocycles. The van der Waals surface area contributed by atoms with Crippen molar-refractivity contribution >= 4 is 21.7 Å². The van der Waals surface area contributed by atoms with Crippen molar-refractivity contribution in [2.24, 2.45) is 5.92 Å². The first-order valence-corrected chi connectivity index (χ1v) is 4.84. The van der Waals surface area contributed by atoms with E-state index in [4.69, 9.17) is 0 Å². The fourth-order valence-corrected chi connectivity index (χ4v) is 2.36. The summed E-state index contributed by atoms with van der Waals surface area (Å²) in [6, 6.07) is 0. The molecule has 1 rings (SSSR count). The normalized spacial score (nSPS) is 34.4. The summed E-state index contributed by atoms with van der Waals surface area (Å²) in [6.07, 6.45) is 4.23. The van der Waals surface area contributed by atoms with E-state index in [1.807, 2.05) is 0 Å². The number of ketones is 1. The molecule has 1 aliphatic carbocycles. The molecule has 0 unspecified atom stereocenters. The third kappa shape index (κ3) is 1.60. The van der Waals surface area contributed by atoms with E-state index in [1.54, 1.807) is 0 Å². The van der Waals surface area contributed by atoms with E-state index in [1.165, 1.54) is 6.42 Å². The molecule has 0 bridgehead atoms. The molecule has 0 aromatic heterocycles. The minimum Gasteiger partial charge on any atom is -0.298 e. The highest BCUT2D eigenvalue weighted by atomic mass is 79.9. The molecule has 1 saturated carbocycles. The zero-order valence-electron chi connectivity index (χ0n) is 6.27. The first kappa shape index (κ1) is 8.25. The number of halogens is 1. The summed E-state index contributed by atoms with van der Waals surface area (Å²) in [5.41, 5.74) is 0. The lowest BCUT2D eigenvalue weighted by molar-refractivity contribution is -0.120. The van der Waals surface area contributed by atoms with Crippen LogP contribution >= 0.6 is 15.9 Å². The third-order valence-corrected chi connectivity index (χ3v) is 3.50. The van der Waals surface area contributed by atoms with E-state index in [2.05, 4.69) is 22.9 Å². The molecule has 0 radical (unpaired) electrons. The van der Waals surface area contributed by atoms with E-state index in [0.717, 1.165) is 19.3 Å². The van der Waals surface area contributed by atoms with Crippen molar-refractivity contribution in [3.63, 3.8) is 0 Å². The van der Waals surface area contributed by atoms with Crippen LogP contribution in [0.2, 0.25) is 0 Å². The van der Waals surface area contributed by atoms with Crippen LogP contribution in [-0.4, -0.2) is 10.6 Å². The van der Waals surface area contributed by atoms with Gasteiger partial charge in [0, 0.05) is 6.42 Å². The maximum atomic E-state index is 11.1. The summed E-state index contributed by atoms with van der Waals surface area (Å²) in [5, 5.41) is 0. The van der Waals surface area contributed by atoms with Crippen LogP contribution in [0.15, 0.2) is 0 Å². The molecule has 0 amide bonds. The summed E-state index contributed by atoms with van der Waals surface area (Å²) in [5.74, 6) is 0.999. The van der Waals surface area contributed by atoms with Gasteiger partial charge in [-0.2, -0.15) is 0 Å². The third-order valence-electron chi connectivity index (χ3n) is 2.24. The highest BCUT2D eigenvalue weighted by Crippen LogP contribution is 2.29. The van der Waals surface area contributed by atoms with Crippen LogP contribution in [0.3, 0.4) is 0 Å². The van der Waals surface area contributed by atoms with E-state index in [-0.39, 0.29) is 4.83 Å². The largest absolute Gasteiger partial charge is 0.298 e. The molecule has 0 saturated heterocycles. The SMILES string of the molecule is CC[C@@H]1CCCC(=O)[C@H]1Br. The first-order chi connectivity index (χ1) is 4.75. The highest BCUT2D eigenvalue weighted by Gasteiger charge is 2.27. The number of Topliss-reactive ketones (excluding diaryl/α,β-unsaturated/α-hetero) is 1. The highest BCUT2D eigenvalue weighted by molar-refractivity contribution is 9.10. The molecule has 58 valence electrons. The number of carbonyl (C=O) groups excluding carboxylic acids is 1. The number of hydrogen-bond donors (Lipinski definition) is 0. The first-order valence-electron chi connectivity index (χ1n) is 3.92. The van der Waals surface area contributed by atoms with Crippen molar-refractivity contribution in [1.82, 2.24) is 0 Å². The smallest absolute Gasteiger partial charge is 0.146 e. The average molecular weight is 205 g/mol. The molecular formula is C8H13BrO. The van der Waals surface area contributed by atoms with Crippen molar-refractivity contribution in [2.45, 2.75) is 37.4 Å². The Balaban J connectivity index is 2.51. The van der Waals surface area contributed by atoms with Crippen molar-refractivity contribution in [1.29, 1.82) is 0 Å². The van der Waals surface area contributed by atoms with Crippen LogP contribution in [0.4, 0.5) is 0 Å². The number of carbonyl (C=O) groups is 1.